The molecule has 188 valence electrons. The summed E-state index contributed by atoms with van der Waals surface area (Å²) in [4.78, 5) is 28.7. The second-order valence-corrected chi connectivity index (χ2v) is 9.52. The van der Waals surface area contributed by atoms with Gasteiger partial charge < -0.3 is 9.64 Å². The van der Waals surface area contributed by atoms with Gasteiger partial charge in [-0.05, 0) is 35.2 Å². The first kappa shape index (κ1) is 24.1. The fourth-order valence-electron chi connectivity index (χ4n) is 5.23. The Morgan fingerprint density at radius 1 is 0.795 bits per heavy atom. The summed E-state index contributed by atoms with van der Waals surface area (Å²) in [5.74, 6) is 0.609. The smallest absolute Gasteiger partial charge is 0.198 e. The number of carbonyl (C=O) groups excluding carboxylic acids is 2. The van der Waals surface area contributed by atoms with E-state index >= 15 is 0 Å². The molecule has 6 rings (SSSR count). The molecule has 0 fully saturated rings. The number of carbonyl (C=O) groups is 2. The molecule has 1 aliphatic heterocycles. The van der Waals surface area contributed by atoms with E-state index < -0.39 is 0 Å². The van der Waals surface area contributed by atoms with Gasteiger partial charge in [0.05, 0.1) is 18.1 Å². The third kappa shape index (κ3) is 4.22. The second-order valence-electron chi connectivity index (χ2n) is 9.52. The third-order valence-corrected chi connectivity index (χ3v) is 7.16. The number of hydrogen-bond acceptors (Lipinski definition) is 5. The number of fused-ring (bicyclic) bond motifs is 3. The van der Waals surface area contributed by atoms with Crippen LogP contribution in [0.5, 0.6) is 5.75 Å². The van der Waals surface area contributed by atoms with Gasteiger partial charge in [-0.3, -0.25) is 9.59 Å². The van der Waals surface area contributed by atoms with Crippen molar-refractivity contribution in [2.24, 2.45) is 0 Å². The van der Waals surface area contributed by atoms with Crippen molar-refractivity contribution < 1.29 is 14.3 Å². The van der Waals surface area contributed by atoms with Gasteiger partial charge in [0.15, 0.2) is 11.6 Å². The van der Waals surface area contributed by atoms with Gasteiger partial charge in [0.25, 0.3) is 0 Å². The number of rotatable bonds is 5. The number of para-hydroxylation sites is 1. The molecule has 2 aliphatic rings. The van der Waals surface area contributed by atoms with Gasteiger partial charge >= 0.3 is 0 Å². The fourth-order valence-corrected chi connectivity index (χ4v) is 5.23. The molecule has 4 aromatic carbocycles. The highest BCUT2D eigenvalue weighted by Gasteiger charge is 2.36. The number of ether oxygens (including phenoxy) is 1. The Hall–Kier alpha value is -5.21. The highest BCUT2D eigenvalue weighted by atomic mass is 16.5. The molecule has 1 aliphatic carbocycles. The largest absolute Gasteiger partial charge is 0.457 e. The van der Waals surface area contributed by atoms with Gasteiger partial charge in [-0.2, -0.15) is 5.26 Å². The van der Waals surface area contributed by atoms with Crippen molar-refractivity contribution in [3.63, 3.8) is 0 Å². The highest BCUT2D eigenvalue weighted by molar-refractivity contribution is 6.43. The van der Waals surface area contributed by atoms with E-state index in [9.17, 15) is 9.59 Å². The molecule has 0 aromatic heterocycles. The van der Waals surface area contributed by atoms with E-state index in [-0.39, 0.29) is 17.1 Å². The first-order valence-corrected chi connectivity index (χ1v) is 12.8. The van der Waals surface area contributed by atoms with Crippen molar-refractivity contribution in [2.45, 2.75) is 6.42 Å². The number of Topliss-reactive ketones (excluding diaryl/α,β-unsaturated/α-hetero) is 2. The summed E-state index contributed by atoms with van der Waals surface area (Å²) in [6.07, 6.45) is 6.08. The monoisotopic (exact) mass is 508 g/mol. The molecule has 5 nitrogen and oxygen atoms in total. The number of nitrogens with zero attached hydrogens (tertiary/aromatic N) is 2. The van der Waals surface area contributed by atoms with Crippen LogP contribution in [0, 0.1) is 11.3 Å². The van der Waals surface area contributed by atoms with Crippen LogP contribution in [-0.2, 0) is 0 Å². The molecule has 39 heavy (non-hydrogen) atoms. The van der Waals surface area contributed by atoms with Gasteiger partial charge in [0, 0.05) is 46.9 Å². The maximum atomic E-state index is 13.3. The lowest BCUT2D eigenvalue weighted by molar-refractivity contribution is 0.0990. The van der Waals surface area contributed by atoms with E-state index in [4.69, 9.17) is 10.00 Å². The lowest BCUT2D eigenvalue weighted by atomic mass is 9.93. The molecular formula is C34H24N2O3. The molecule has 1 heterocycles. The number of nitriles is 1. The normalized spacial score (nSPS) is 14.2. The number of ketones is 2. The first-order valence-electron chi connectivity index (χ1n) is 12.8. The Kier molecular flexibility index (Phi) is 6.14. The summed E-state index contributed by atoms with van der Waals surface area (Å²) >= 11 is 0. The first-order chi connectivity index (χ1) is 19.1. The molecule has 0 atom stereocenters. The lowest BCUT2D eigenvalue weighted by Crippen LogP contribution is -2.18. The summed E-state index contributed by atoms with van der Waals surface area (Å²) in [7, 11) is 1.99. The number of hydrogen-bond donors (Lipinski definition) is 0. The zero-order chi connectivity index (χ0) is 26.9. The number of anilines is 1. The maximum absolute atomic E-state index is 13.3. The minimum Gasteiger partial charge on any atom is -0.457 e. The summed E-state index contributed by atoms with van der Waals surface area (Å²) in [5.41, 5.74) is 4.40. The molecule has 0 radical (unpaired) electrons. The van der Waals surface area contributed by atoms with Crippen molar-refractivity contribution in [1.29, 1.82) is 5.26 Å². The second kappa shape index (κ2) is 9.92. The molecule has 0 saturated heterocycles. The lowest BCUT2D eigenvalue weighted by Gasteiger charge is -2.21. The molecule has 0 N–H and O–H groups in total. The SMILES string of the molecule is CN(CCC#N)c1ccc(/C=C/C2=CC(=C3C(=O)c4ccccc4C3=O)c3ccccc3O2)c2ccccc12. The van der Waals surface area contributed by atoms with Crippen LogP contribution in [0.4, 0.5) is 5.69 Å². The molecule has 0 spiro atoms. The fraction of sp³-hybridized carbons (Fsp3) is 0.0882. The Morgan fingerprint density at radius 3 is 2.15 bits per heavy atom. The molecule has 5 heteroatoms. The summed E-state index contributed by atoms with van der Waals surface area (Å²) in [6, 6.07) is 28.9. The van der Waals surface area contributed by atoms with Crippen molar-refractivity contribution in [2.75, 3.05) is 18.5 Å². The Labute approximate surface area is 226 Å². The number of allylic oxidation sites excluding steroid dienone is 4. The standard InChI is InChI=1S/C34H24N2O3/c1-36(20-8-19-35)30-18-16-22(24-9-2-3-10-25(24)30)15-17-23-21-29(26-11-6-7-14-31(26)39-23)32-33(37)27-12-4-5-13-28(27)34(32)38/h2-7,9-18,21H,8,20H2,1H3/b17-15+. The average Bonchev–Trinajstić information content (AvgIpc) is 3.23. The summed E-state index contributed by atoms with van der Waals surface area (Å²) < 4.78 is 6.19. The van der Waals surface area contributed by atoms with Crippen molar-refractivity contribution in [1.82, 2.24) is 0 Å². The van der Waals surface area contributed by atoms with E-state index in [2.05, 4.69) is 35.2 Å². The summed E-state index contributed by atoms with van der Waals surface area (Å²) in [5, 5.41) is 11.2. The van der Waals surface area contributed by atoms with Crippen molar-refractivity contribution in [3.05, 3.63) is 131 Å². The van der Waals surface area contributed by atoms with Crippen LogP contribution < -0.4 is 9.64 Å². The maximum Gasteiger partial charge on any atom is 0.198 e. The highest BCUT2D eigenvalue weighted by Crippen LogP contribution is 2.40. The van der Waals surface area contributed by atoms with Crippen LogP contribution in [0.25, 0.3) is 22.4 Å². The minimum absolute atomic E-state index is 0.174. The molecule has 4 aromatic rings. The van der Waals surface area contributed by atoms with E-state index in [0.717, 1.165) is 27.6 Å². The Bertz CT molecular complexity index is 1770. The van der Waals surface area contributed by atoms with Crippen LogP contribution in [0.1, 0.15) is 38.3 Å². The van der Waals surface area contributed by atoms with E-state index in [1.807, 2.05) is 55.6 Å². The van der Waals surface area contributed by atoms with E-state index in [1.54, 1.807) is 30.3 Å². The van der Waals surface area contributed by atoms with Crippen LogP contribution in [-0.4, -0.2) is 25.2 Å². The van der Waals surface area contributed by atoms with Gasteiger partial charge in [0.1, 0.15) is 11.5 Å². The van der Waals surface area contributed by atoms with Crippen LogP contribution in [0.15, 0.2) is 108 Å². The number of benzene rings is 4. The van der Waals surface area contributed by atoms with Gasteiger partial charge in [-0.25, -0.2) is 0 Å². The molecule has 0 unspecified atom stereocenters. The van der Waals surface area contributed by atoms with Crippen LogP contribution >= 0.6 is 0 Å². The molecule has 0 saturated carbocycles. The predicted octanol–water partition coefficient (Wildman–Crippen LogP) is 7.01. The molecule has 0 bridgehead atoms. The molecule has 0 amide bonds. The third-order valence-electron chi connectivity index (χ3n) is 7.16. The van der Waals surface area contributed by atoms with E-state index in [0.29, 0.717) is 41.2 Å². The van der Waals surface area contributed by atoms with Crippen LogP contribution in [0.3, 0.4) is 0 Å². The molecular weight excluding hydrogens is 484 g/mol. The minimum atomic E-state index is -0.260. The van der Waals surface area contributed by atoms with E-state index in [1.165, 1.54) is 0 Å². The topological polar surface area (TPSA) is 70.4 Å². The Morgan fingerprint density at radius 2 is 1.44 bits per heavy atom. The summed E-state index contributed by atoms with van der Waals surface area (Å²) in [6.45, 7) is 0.647. The zero-order valence-electron chi connectivity index (χ0n) is 21.3. The van der Waals surface area contributed by atoms with Crippen molar-refractivity contribution >= 4 is 39.7 Å². The van der Waals surface area contributed by atoms with Gasteiger partial charge in [-0.15, -0.1) is 0 Å². The average molecular weight is 509 g/mol. The van der Waals surface area contributed by atoms with Crippen molar-refractivity contribution in [3.8, 4) is 11.8 Å². The van der Waals surface area contributed by atoms with Gasteiger partial charge in [-0.1, -0.05) is 78.9 Å². The predicted molar refractivity (Wildman–Crippen MR) is 154 cm³/mol. The quantitative estimate of drug-likeness (QED) is 0.214. The Balaban J connectivity index is 1.42. The van der Waals surface area contributed by atoms with Crippen LogP contribution in [0.2, 0.25) is 0 Å². The van der Waals surface area contributed by atoms with Gasteiger partial charge in [0.2, 0.25) is 0 Å². The zero-order valence-corrected chi connectivity index (χ0v) is 21.3.